The molecule has 0 saturated heterocycles. The van der Waals surface area contributed by atoms with E-state index in [2.05, 4.69) is 10.3 Å². The van der Waals surface area contributed by atoms with Crippen LogP contribution in [0, 0.1) is 0 Å². The molecule has 0 saturated carbocycles. The van der Waals surface area contributed by atoms with Crippen LogP contribution in [0.3, 0.4) is 0 Å². The van der Waals surface area contributed by atoms with Crippen LogP contribution in [0.1, 0.15) is 35.4 Å². The van der Waals surface area contributed by atoms with E-state index in [1.54, 1.807) is 0 Å². The van der Waals surface area contributed by atoms with Gasteiger partial charge in [-0.3, -0.25) is 4.79 Å². The number of aldehydes is 1. The Hall–Kier alpha value is -1.37. The third-order valence-electron chi connectivity index (χ3n) is 1.90. The molecule has 1 rings (SSSR count). The first-order chi connectivity index (χ1) is 7.20. The molecule has 0 aliphatic carbocycles. The number of rotatable bonds is 6. The van der Waals surface area contributed by atoms with E-state index in [0.717, 1.165) is 4.68 Å². The summed E-state index contributed by atoms with van der Waals surface area (Å²) in [7, 11) is 0. The molecule has 5 nitrogen and oxygen atoms in total. The van der Waals surface area contributed by atoms with Gasteiger partial charge in [-0.1, -0.05) is 5.21 Å². The molecule has 0 atom stereocenters. The Kier molecular flexibility index (Phi) is 4.29. The van der Waals surface area contributed by atoms with E-state index in [9.17, 15) is 13.6 Å². The molecule has 1 aromatic rings. The van der Waals surface area contributed by atoms with Gasteiger partial charge >= 0.3 is 0 Å². The number of carbonyl (C=O) groups excluding carboxylic acids is 1. The van der Waals surface area contributed by atoms with Crippen LogP contribution in [0.4, 0.5) is 8.78 Å². The molecule has 0 aliphatic rings. The van der Waals surface area contributed by atoms with Crippen molar-refractivity contribution in [1.82, 2.24) is 15.0 Å². The van der Waals surface area contributed by atoms with Gasteiger partial charge in [0.2, 0.25) is 0 Å². The van der Waals surface area contributed by atoms with Crippen LogP contribution < -0.4 is 0 Å². The molecular weight excluding hydrogens is 208 g/mol. The van der Waals surface area contributed by atoms with Crippen molar-refractivity contribution in [1.29, 1.82) is 0 Å². The van der Waals surface area contributed by atoms with E-state index >= 15 is 0 Å². The maximum atomic E-state index is 12.5. The number of aliphatic hydroxyl groups is 1. The highest BCUT2D eigenvalue weighted by Crippen LogP contribution is 2.20. The second kappa shape index (κ2) is 5.50. The fourth-order valence-electron chi connectivity index (χ4n) is 1.18. The highest BCUT2D eigenvalue weighted by Gasteiger charge is 2.20. The highest BCUT2D eigenvalue weighted by molar-refractivity contribution is 5.73. The smallest absolute Gasteiger partial charge is 0.282 e. The van der Waals surface area contributed by atoms with Gasteiger partial charge in [-0.05, 0) is 12.8 Å². The summed E-state index contributed by atoms with van der Waals surface area (Å²) < 4.78 is 26.0. The average Bonchev–Trinajstić information content (AvgIpc) is 2.61. The summed E-state index contributed by atoms with van der Waals surface area (Å²) in [6.45, 7) is 0.223. The van der Waals surface area contributed by atoms with Crippen LogP contribution in [0.2, 0.25) is 0 Å². The van der Waals surface area contributed by atoms with Crippen LogP contribution in [0.25, 0.3) is 0 Å². The summed E-state index contributed by atoms with van der Waals surface area (Å²) in [6.07, 6.45) is -1.50. The zero-order valence-electron chi connectivity index (χ0n) is 7.94. The Morgan fingerprint density at radius 3 is 2.73 bits per heavy atom. The minimum absolute atomic E-state index is 0.000747. The number of aliphatic hydroxyl groups excluding tert-OH is 1. The average molecular weight is 219 g/mol. The van der Waals surface area contributed by atoms with E-state index in [1.807, 2.05) is 0 Å². The lowest BCUT2D eigenvalue weighted by molar-refractivity contribution is 0.109. The fraction of sp³-hybridized carbons (Fsp3) is 0.625. The molecule has 0 bridgehead atoms. The first-order valence-electron chi connectivity index (χ1n) is 4.48. The fourth-order valence-corrected chi connectivity index (χ4v) is 1.18. The largest absolute Gasteiger partial charge is 0.396 e. The lowest BCUT2D eigenvalue weighted by Gasteiger charge is -2.04. The molecule has 7 heteroatoms. The number of carbonyl (C=O) groups is 1. The number of halogens is 2. The zero-order chi connectivity index (χ0) is 11.3. The Labute approximate surface area is 84.7 Å². The summed E-state index contributed by atoms with van der Waals surface area (Å²) in [4.78, 5) is 10.4. The van der Waals surface area contributed by atoms with Gasteiger partial charge < -0.3 is 5.11 Å². The summed E-state index contributed by atoms with van der Waals surface area (Å²) in [5, 5.41) is 15.3. The lowest BCUT2D eigenvalue weighted by Crippen LogP contribution is -2.07. The quantitative estimate of drug-likeness (QED) is 0.567. The predicted molar refractivity (Wildman–Crippen MR) is 46.7 cm³/mol. The van der Waals surface area contributed by atoms with Gasteiger partial charge in [-0.2, -0.15) is 0 Å². The van der Waals surface area contributed by atoms with Crippen molar-refractivity contribution in [3.8, 4) is 0 Å². The molecule has 0 fully saturated rings. The van der Waals surface area contributed by atoms with E-state index in [0.29, 0.717) is 12.8 Å². The molecule has 0 radical (unpaired) electrons. The minimum atomic E-state index is -2.77. The number of alkyl halides is 2. The van der Waals surface area contributed by atoms with E-state index in [4.69, 9.17) is 5.11 Å². The van der Waals surface area contributed by atoms with Crippen molar-refractivity contribution in [3.63, 3.8) is 0 Å². The maximum Gasteiger partial charge on any atom is 0.282 e. The van der Waals surface area contributed by atoms with Crippen LogP contribution in [-0.2, 0) is 6.54 Å². The van der Waals surface area contributed by atoms with Crippen LogP contribution in [0.5, 0.6) is 0 Å². The number of unbranched alkanes of at least 4 members (excludes halogenated alkanes) is 1. The number of hydrogen-bond donors (Lipinski definition) is 1. The second-order valence-electron chi connectivity index (χ2n) is 2.93. The van der Waals surface area contributed by atoms with Crippen molar-refractivity contribution in [3.05, 3.63) is 11.4 Å². The summed E-state index contributed by atoms with van der Waals surface area (Å²) in [5.41, 5.74) is -0.781. The van der Waals surface area contributed by atoms with Gasteiger partial charge in [0.1, 0.15) is 5.69 Å². The van der Waals surface area contributed by atoms with Crippen LogP contribution in [0.15, 0.2) is 0 Å². The molecule has 0 aliphatic heterocycles. The van der Waals surface area contributed by atoms with Gasteiger partial charge in [-0.15, -0.1) is 5.10 Å². The molecule has 15 heavy (non-hydrogen) atoms. The molecule has 0 spiro atoms. The number of aromatic nitrogens is 3. The molecule has 84 valence electrons. The van der Waals surface area contributed by atoms with Crippen LogP contribution >= 0.6 is 0 Å². The van der Waals surface area contributed by atoms with Gasteiger partial charge in [0.05, 0.1) is 0 Å². The molecule has 0 aromatic carbocycles. The Bertz CT molecular complexity index is 328. The van der Waals surface area contributed by atoms with Crippen molar-refractivity contribution >= 4 is 6.29 Å². The number of aryl methyl sites for hydroxylation is 1. The van der Waals surface area contributed by atoms with Crippen molar-refractivity contribution in [2.24, 2.45) is 0 Å². The molecule has 1 heterocycles. The number of hydrogen-bond acceptors (Lipinski definition) is 4. The Morgan fingerprint density at radius 2 is 2.20 bits per heavy atom. The molecular formula is C8H11F2N3O2. The third-order valence-corrected chi connectivity index (χ3v) is 1.90. The molecule has 0 amide bonds. The van der Waals surface area contributed by atoms with Crippen molar-refractivity contribution in [2.45, 2.75) is 25.8 Å². The standard InChI is InChI=1S/C8H11F2N3O2/c9-8(10)7-6(5-15)11-12-13(7)3-1-2-4-14/h5,8,14H,1-4H2. The molecule has 1 N–H and O–H groups in total. The topological polar surface area (TPSA) is 68.0 Å². The molecule has 1 aromatic heterocycles. The van der Waals surface area contributed by atoms with Crippen molar-refractivity contribution in [2.75, 3.05) is 6.61 Å². The minimum Gasteiger partial charge on any atom is -0.396 e. The number of nitrogens with zero attached hydrogens (tertiary/aromatic N) is 3. The highest BCUT2D eigenvalue weighted by atomic mass is 19.3. The lowest BCUT2D eigenvalue weighted by atomic mass is 10.3. The summed E-state index contributed by atoms with van der Waals surface area (Å²) in [6, 6.07) is 0. The third kappa shape index (κ3) is 2.79. The van der Waals surface area contributed by atoms with Gasteiger partial charge in [0, 0.05) is 13.2 Å². The van der Waals surface area contributed by atoms with Gasteiger partial charge in [0.15, 0.2) is 12.0 Å². The second-order valence-corrected chi connectivity index (χ2v) is 2.93. The molecule has 0 unspecified atom stereocenters. The van der Waals surface area contributed by atoms with E-state index in [1.165, 1.54) is 0 Å². The predicted octanol–water partition coefficient (Wildman–Crippen LogP) is 0.801. The summed E-state index contributed by atoms with van der Waals surface area (Å²) >= 11 is 0. The SMILES string of the molecule is O=Cc1nnn(CCCCO)c1C(F)F. The maximum absolute atomic E-state index is 12.5. The van der Waals surface area contributed by atoms with Gasteiger partial charge in [0.25, 0.3) is 6.43 Å². The first-order valence-corrected chi connectivity index (χ1v) is 4.48. The van der Waals surface area contributed by atoms with E-state index in [-0.39, 0.29) is 25.1 Å². The summed E-state index contributed by atoms with van der Waals surface area (Å²) in [5.74, 6) is 0. The Balaban J connectivity index is 2.78. The Morgan fingerprint density at radius 1 is 1.47 bits per heavy atom. The zero-order valence-corrected chi connectivity index (χ0v) is 7.94. The van der Waals surface area contributed by atoms with Crippen molar-refractivity contribution < 1.29 is 18.7 Å². The monoisotopic (exact) mass is 219 g/mol. The van der Waals surface area contributed by atoms with Crippen LogP contribution in [-0.4, -0.2) is 33.0 Å². The van der Waals surface area contributed by atoms with Gasteiger partial charge in [-0.25, -0.2) is 13.5 Å². The first kappa shape index (κ1) is 11.7. The normalized spacial score (nSPS) is 10.9. The van der Waals surface area contributed by atoms with E-state index < -0.39 is 12.1 Å².